The van der Waals surface area contributed by atoms with Crippen LogP contribution in [-0.4, -0.2) is 26.4 Å². The third-order valence-electron chi connectivity index (χ3n) is 4.82. The van der Waals surface area contributed by atoms with Gasteiger partial charge in [-0.15, -0.1) is 10.2 Å². The number of anilines is 1. The van der Waals surface area contributed by atoms with Gasteiger partial charge >= 0.3 is 0 Å². The first-order valence-electron chi connectivity index (χ1n) is 10.2. The second kappa shape index (κ2) is 10.3. The quantitative estimate of drug-likeness (QED) is 0.487. The summed E-state index contributed by atoms with van der Waals surface area (Å²) in [7, 11) is 0. The van der Waals surface area contributed by atoms with Crippen LogP contribution in [0.3, 0.4) is 0 Å². The lowest BCUT2D eigenvalue weighted by atomic mass is 10.2. The molecule has 0 aliphatic heterocycles. The van der Waals surface area contributed by atoms with Crippen molar-refractivity contribution in [3.8, 4) is 5.75 Å². The normalized spacial score (nSPS) is 11.9. The van der Waals surface area contributed by atoms with Crippen molar-refractivity contribution in [2.45, 2.75) is 51.9 Å². The molecule has 1 N–H and O–H groups in total. The first kappa shape index (κ1) is 21.9. The van der Waals surface area contributed by atoms with Gasteiger partial charge in [0.05, 0.1) is 5.75 Å². The summed E-state index contributed by atoms with van der Waals surface area (Å²) in [4.78, 5) is 12.4. The van der Waals surface area contributed by atoms with Gasteiger partial charge in [0.2, 0.25) is 5.91 Å². The minimum Gasteiger partial charge on any atom is -0.483 e. The molecule has 0 saturated carbocycles. The molecule has 0 spiro atoms. The fourth-order valence-corrected chi connectivity index (χ4v) is 3.90. The van der Waals surface area contributed by atoms with Gasteiger partial charge in [-0.3, -0.25) is 4.79 Å². The highest BCUT2D eigenvalue weighted by molar-refractivity contribution is 7.99. The van der Waals surface area contributed by atoms with Crippen LogP contribution in [0.2, 0.25) is 0 Å². The van der Waals surface area contributed by atoms with Crippen LogP contribution in [-0.2, 0) is 17.8 Å². The minimum atomic E-state index is -0.250. The lowest BCUT2D eigenvalue weighted by Crippen LogP contribution is -2.16. The van der Waals surface area contributed by atoms with Gasteiger partial charge in [-0.05, 0) is 56.5 Å². The molecule has 1 aromatic heterocycles. The number of nitrogens with one attached hydrogen (secondary N) is 1. The Hall–Kier alpha value is -2.80. The topological polar surface area (TPSA) is 69.0 Å². The number of nitrogens with zero attached hydrogens (tertiary/aromatic N) is 3. The van der Waals surface area contributed by atoms with E-state index in [0.717, 1.165) is 29.2 Å². The molecule has 158 valence electrons. The number of thioether (sulfide) groups is 1. The van der Waals surface area contributed by atoms with Crippen LogP contribution in [0.4, 0.5) is 5.69 Å². The number of benzene rings is 2. The van der Waals surface area contributed by atoms with E-state index in [9.17, 15) is 4.79 Å². The Morgan fingerprint density at radius 3 is 2.53 bits per heavy atom. The molecule has 2 aromatic carbocycles. The largest absolute Gasteiger partial charge is 0.483 e. The summed E-state index contributed by atoms with van der Waals surface area (Å²) in [5, 5.41) is 12.3. The molecule has 0 bridgehead atoms. The van der Waals surface area contributed by atoms with Crippen LogP contribution in [0.25, 0.3) is 0 Å². The smallest absolute Gasteiger partial charge is 0.234 e. The van der Waals surface area contributed by atoms with Crippen LogP contribution in [0.5, 0.6) is 5.75 Å². The Morgan fingerprint density at radius 1 is 1.13 bits per heavy atom. The second-order valence-electron chi connectivity index (χ2n) is 6.99. The van der Waals surface area contributed by atoms with Crippen molar-refractivity contribution in [2.75, 3.05) is 11.1 Å². The van der Waals surface area contributed by atoms with E-state index < -0.39 is 0 Å². The summed E-state index contributed by atoms with van der Waals surface area (Å²) in [5.74, 6) is 1.75. The van der Waals surface area contributed by atoms with Crippen molar-refractivity contribution in [3.05, 3.63) is 65.5 Å². The lowest BCUT2D eigenvalue weighted by Gasteiger charge is -2.16. The summed E-state index contributed by atoms with van der Waals surface area (Å²) in [6.07, 6.45) is 0.748. The fourth-order valence-electron chi connectivity index (χ4n) is 3.09. The van der Waals surface area contributed by atoms with Gasteiger partial charge in [-0.25, -0.2) is 0 Å². The van der Waals surface area contributed by atoms with Gasteiger partial charge in [-0.2, -0.15) is 0 Å². The Bertz CT molecular complexity index is 985. The average molecular weight is 425 g/mol. The van der Waals surface area contributed by atoms with Gasteiger partial charge in [0, 0.05) is 12.2 Å². The molecule has 7 heteroatoms. The number of hydrogen-bond acceptors (Lipinski definition) is 5. The zero-order valence-corrected chi connectivity index (χ0v) is 18.7. The minimum absolute atomic E-state index is 0.0678. The highest BCUT2D eigenvalue weighted by atomic mass is 32.2. The maximum atomic E-state index is 12.4. The number of rotatable bonds is 9. The van der Waals surface area contributed by atoms with E-state index in [2.05, 4.69) is 34.6 Å². The van der Waals surface area contributed by atoms with Crippen LogP contribution < -0.4 is 10.1 Å². The van der Waals surface area contributed by atoms with Crippen molar-refractivity contribution in [3.63, 3.8) is 0 Å². The van der Waals surface area contributed by atoms with Gasteiger partial charge < -0.3 is 14.6 Å². The number of carbonyl (C=O) groups excluding carboxylic acids is 1. The predicted octanol–water partition coefficient (Wildman–Crippen LogP) is 5.04. The van der Waals surface area contributed by atoms with Crippen molar-refractivity contribution in [1.29, 1.82) is 0 Å². The molecule has 6 nitrogen and oxygen atoms in total. The zero-order valence-electron chi connectivity index (χ0n) is 17.9. The number of ether oxygens (including phenoxy) is 1. The van der Waals surface area contributed by atoms with Gasteiger partial charge in [0.15, 0.2) is 17.1 Å². The molecular formula is C23H28N4O2S. The van der Waals surface area contributed by atoms with E-state index in [1.54, 1.807) is 0 Å². The molecule has 0 saturated heterocycles. The molecule has 0 unspecified atom stereocenters. The number of para-hydroxylation sites is 1. The van der Waals surface area contributed by atoms with E-state index >= 15 is 0 Å². The molecule has 1 atom stereocenters. The summed E-state index contributed by atoms with van der Waals surface area (Å²) < 4.78 is 8.06. The standard InChI is InChI=1S/C23H28N4O2S/c1-5-18-11-13-19(14-12-18)29-17(4)22-25-26-23(27(22)6-2)30-15-21(28)24-20-10-8-7-9-16(20)3/h7-14,17H,5-6,15H2,1-4H3,(H,24,28)/t17-/m0/s1. The van der Waals surface area contributed by atoms with Crippen LogP contribution >= 0.6 is 11.8 Å². The average Bonchev–Trinajstić information content (AvgIpc) is 3.17. The molecule has 30 heavy (non-hydrogen) atoms. The van der Waals surface area contributed by atoms with Crippen molar-refractivity contribution in [1.82, 2.24) is 14.8 Å². The van der Waals surface area contributed by atoms with E-state index in [-0.39, 0.29) is 17.8 Å². The summed E-state index contributed by atoms with van der Waals surface area (Å²) >= 11 is 1.38. The molecule has 3 rings (SSSR count). The van der Waals surface area contributed by atoms with Gasteiger partial charge in [0.25, 0.3) is 0 Å². The molecule has 0 radical (unpaired) electrons. The van der Waals surface area contributed by atoms with Crippen molar-refractivity contribution >= 4 is 23.4 Å². The first-order chi connectivity index (χ1) is 14.5. The molecule has 1 amide bonds. The highest BCUT2D eigenvalue weighted by Crippen LogP contribution is 2.25. The number of hydrogen-bond donors (Lipinski definition) is 1. The zero-order chi connectivity index (χ0) is 21.5. The third-order valence-corrected chi connectivity index (χ3v) is 5.79. The summed E-state index contributed by atoms with van der Waals surface area (Å²) in [6, 6.07) is 15.8. The lowest BCUT2D eigenvalue weighted by molar-refractivity contribution is -0.113. The van der Waals surface area contributed by atoms with Gasteiger partial charge in [0.1, 0.15) is 5.75 Å². The van der Waals surface area contributed by atoms with E-state index in [4.69, 9.17) is 4.74 Å². The molecular weight excluding hydrogens is 396 g/mol. The number of amides is 1. The maximum absolute atomic E-state index is 12.4. The van der Waals surface area contributed by atoms with E-state index in [0.29, 0.717) is 11.7 Å². The Morgan fingerprint density at radius 2 is 1.87 bits per heavy atom. The first-order valence-corrected chi connectivity index (χ1v) is 11.2. The predicted molar refractivity (Wildman–Crippen MR) is 121 cm³/mol. The molecule has 3 aromatic rings. The number of aromatic nitrogens is 3. The summed E-state index contributed by atoms with van der Waals surface area (Å²) in [6.45, 7) is 8.80. The number of aryl methyl sites for hydroxylation is 2. The van der Waals surface area contributed by atoms with Crippen LogP contribution in [0.15, 0.2) is 53.7 Å². The third kappa shape index (κ3) is 5.42. The van der Waals surface area contributed by atoms with E-state index in [1.165, 1.54) is 17.3 Å². The monoisotopic (exact) mass is 424 g/mol. The highest BCUT2D eigenvalue weighted by Gasteiger charge is 2.19. The Balaban J connectivity index is 1.62. The van der Waals surface area contributed by atoms with Crippen LogP contribution in [0.1, 0.15) is 43.8 Å². The SMILES string of the molecule is CCc1ccc(O[C@@H](C)c2nnc(SCC(=O)Nc3ccccc3C)n2CC)cc1. The maximum Gasteiger partial charge on any atom is 0.234 e. The summed E-state index contributed by atoms with van der Waals surface area (Å²) in [5.41, 5.74) is 3.14. The van der Waals surface area contributed by atoms with E-state index in [1.807, 2.05) is 61.7 Å². The van der Waals surface area contributed by atoms with Gasteiger partial charge in [-0.1, -0.05) is 49.0 Å². The van der Waals surface area contributed by atoms with Crippen molar-refractivity contribution in [2.24, 2.45) is 0 Å². The Labute approximate surface area is 182 Å². The molecule has 1 heterocycles. The fraction of sp³-hybridized carbons (Fsp3) is 0.348. The van der Waals surface area contributed by atoms with Crippen LogP contribution in [0, 0.1) is 6.92 Å². The second-order valence-corrected chi connectivity index (χ2v) is 7.94. The number of carbonyl (C=O) groups is 1. The molecule has 0 aliphatic carbocycles. The Kier molecular flexibility index (Phi) is 7.52. The molecule has 0 fully saturated rings. The molecule has 0 aliphatic rings. The van der Waals surface area contributed by atoms with Crippen molar-refractivity contribution < 1.29 is 9.53 Å².